The molecule has 4 nitrogen and oxygen atoms in total. The number of carboxylic acid groups (broad SMARTS) is 1. The minimum atomic E-state index is -0.964. The van der Waals surface area contributed by atoms with E-state index in [2.05, 4.69) is 4.98 Å². The molecule has 2 aromatic heterocycles. The molecule has 0 aliphatic heterocycles. The van der Waals surface area contributed by atoms with E-state index in [9.17, 15) is 18.7 Å². The van der Waals surface area contributed by atoms with Crippen molar-refractivity contribution in [3.63, 3.8) is 0 Å². The van der Waals surface area contributed by atoms with E-state index in [4.69, 9.17) is 0 Å². The number of nitrogens with zero attached hydrogens (tertiary/aromatic N) is 2. The van der Waals surface area contributed by atoms with Gasteiger partial charge in [-0.15, -0.1) is 0 Å². The number of benzene rings is 2. The lowest BCUT2D eigenvalue weighted by Crippen LogP contribution is -2.07. The van der Waals surface area contributed by atoms with Crippen LogP contribution in [0.5, 0.6) is 0 Å². The number of halogens is 2. The monoisotopic (exact) mass is 418 g/mol. The first-order valence-electron chi connectivity index (χ1n) is 10.2. The van der Waals surface area contributed by atoms with E-state index in [0.717, 1.165) is 40.9 Å². The summed E-state index contributed by atoms with van der Waals surface area (Å²) in [6, 6.07) is 13.7. The summed E-state index contributed by atoms with van der Waals surface area (Å²) in [7, 11) is 0. The summed E-state index contributed by atoms with van der Waals surface area (Å²) in [5.41, 5.74) is 3.91. The van der Waals surface area contributed by atoms with Crippen LogP contribution in [0, 0.1) is 11.6 Å². The highest BCUT2D eigenvalue weighted by molar-refractivity contribution is 5.89. The number of aromatic nitrogens is 2. The molecule has 0 atom stereocenters. The van der Waals surface area contributed by atoms with Gasteiger partial charge in [0.2, 0.25) is 0 Å². The number of pyridine rings is 1. The largest absolute Gasteiger partial charge is 0.478 e. The molecular formula is C25H20F2N2O2. The molecule has 2 aromatic carbocycles. The third-order valence-electron chi connectivity index (χ3n) is 5.85. The summed E-state index contributed by atoms with van der Waals surface area (Å²) in [6.07, 6.45) is 6.22. The fourth-order valence-electron chi connectivity index (χ4n) is 4.02. The van der Waals surface area contributed by atoms with Crippen molar-refractivity contribution in [3.8, 4) is 0 Å². The number of aromatic carboxylic acids is 1. The van der Waals surface area contributed by atoms with Crippen LogP contribution < -0.4 is 0 Å². The lowest BCUT2D eigenvalue weighted by atomic mass is 10.0. The summed E-state index contributed by atoms with van der Waals surface area (Å²) >= 11 is 0. The van der Waals surface area contributed by atoms with Gasteiger partial charge < -0.3 is 9.67 Å². The van der Waals surface area contributed by atoms with E-state index in [1.807, 2.05) is 35.0 Å². The lowest BCUT2D eigenvalue weighted by Gasteiger charge is -2.10. The fourth-order valence-corrected chi connectivity index (χ4v) is 4.02. The van der Waals surface area contributed by atoms with Crippen LogP contribution >= 0.6 is 0 Å². The van der Waals surface area contributed by atoms with Crippen LogP contribution in [0.1, 0.15) is 51.5 Å². The molecule has 5 rings (SSSR count). The third-order valence-corrected chi connectivity index (χ3v) is 5.85. The Kier molecular flexibility index (Phi) is 4.77. The topological polar surface area (TPSA) is 55.1 Å². The van der Waals surface area contributed by atoms with Crippen molar-refractivity contribution in [3.05, 3.63) is 101 Å². The molecule has 0 spiro atoms. The summed E-state index contributed by atoms with van der Waals surface area (Å²) in [6.45, 7) is 0.222. The van der Waals surface area contributed by atoms with E-state index in [0.29, 0.717) is 18.0 Å². The Labute approximate surface area is 177 Å². The first-order valence-corrected chi connectivity index (χ1v) is 10.2. The number of hydrogen-bond donors (Lipinski definition) is 1. The molecule has 0 amide bonds. The van der Waals surface area contributed by atoms with Gasteiger partial charge in [-0.3, -0.25) is 4.98 Å². The van der Waals surface area contributed by atoms with Crippen molar-refractivity contribution in [1.29, 1.82) is 0 Å². The number of hydrogen-bond acceptors (Lipinski definition) is 2. The van der Waals surface area contributed by atoms with Crippen molar-refractivity contribution in [2.75, 3.05) is 0 Å². The van der Waals surface area contributed by atoms with Gasteiger partial charge >= 0.3 is 5.97 Å². The van der Waals surface area contributed by atoms with Gasteiger partial charge in [-0.1, -0.05) is 18.2 Å². The van der Waals surface area contributed by atoms with Gasteiger partial charge in [-0.2, -0.15) is 0 Å². The summed E-state index contributed by atoms with van der Waals surface area (Å²) < 4.78 is 29.4. The fraction of sp³-hybridized carbons (Fsp3) is 0.200. The maximum Gasteiger partial charge on any atom is 0.337 e. The maximum absolute atomic E-state index is 14.0. The molecule has 2 heterocycles. The Bertz CT molecular complexity index is 1310. The summed E-state index contributed by atoms with van der Waals surface area (Å²) in [4.78, 5) is 16.2. The van der Waals surface area contributed by atoms with Crippen LogP contribution in [-0.4, -0.2) is 20.6 Å². The minimum absolute atomic E-state index is 0.222. The third kappa shape index (κ3) is 3.81. The van der Waals surface area contributed by atoms with Crippen molar-refractivity contribution < 1.29 is 18.7 Å². The molecule has 1 fully saturated rings. The van der Waals surface area contributed by atoms with E-state index < -0.39 is 17.6 Å². The highest BCUT2D eigenvalue weighted by atomic mass is 19.2. The zero-order chi connectivity index (χ0) is 21.5. The molecule has 156 valence electrons. The maximum atomic E-state index is 14.0. The highest BCUT2D eigenvalue weighted by Gasteiger charge is 2.25. The SMILES string of the molecule is O=C(O)c1cc(C2CC2)cnc1Cc1ccc2c(ccn2Cc2cccc(F)c2F)c1. The van der Waals surface area contributed by atoms with Crippen molar-refractivity contribution in [1.82, 2.24) is 9.55 Å². The lowest BCUT2D eigenvalue weighted by molar-refractivity contribution is 0.0695. The number of rotatable bonds is 6. The Balaban J connectivity index is 1.42. The molecule has 0 unspecified atom stereocenters. The number of fused-ring (bicyclic) bond motifs is 1. The van der Waals surface area contributed by atoms with Crippen LogP contribution in [0.4, 0.5) is 8.78 Å². The average molecular weight is 418 g/mol. The first-order chi connectivity index (χ1) is 15.0. The Hall–Kier alpha value is -3.54. The van der Waals surface area contributed by atoms with Gasteiger partial charge in [0.1, 0.15) is 0 Å². The molecule has 1 aliphatic rings. The zero-order valence-electron chi connectivity index (χ0n) is 16.7. The summed E-state index contributed by atoms with van der Waals surface area (Å²) in [5.74, 6) is -2.21. The van der Waals surface area contributed by atoms with E-state index in [1.54, 1.807) is 18.3 Å². The molecule has 4 aromatic rings. The average Bonchev–Trinajstić information content (AvgIpc) is 3.53. The quantitative estimate of drug-likeness (QED) is 0.448. The Morgan fingerprint density at radius 2 is 1.97 bits per heavy atom. The zero-order valence-corrected chi connectivity index (χ0v) is 16.7. The number of carboxylic acids is 1. The van der Waals surface area contributed by atoms with Gasteiger partial charge in [-0.05, 0) is 65.6 Å². The first kappa shape index (κ1) is 19.4. The van der Waals surface area contributed by atoms with E-state index in [1.165, 1.54) is 6.07 Å². The molecular weight excluding hydrogens is 398 g/mol. The highest BCUT2D eigenvalue weighted by Crippen LogP contribution is 2.40. The van der Waals surface area contributed by atoms with E-state index in [-0.39, 0.29) is 17.7 Å². The Morgan fingerprint density at radius 3 is 2.74 bits per heavy atom. The Morgan fingerprint density at radius 1 is 1.13 bits per heavy atom. The van der Waals surface area contributed by atoms with Gasteiger partial charge in [0.25, 0.3) is 0 Å². The van der Waals surface area contributed by atoms with Gasteiger partial charge in [-0.25, -0.2) is 13.6 Å². The van der Waals surface area contributed by atoms with Crippen LogP contribution in [0.15, 0.2) is 60.9 Å². The van der Waals surface area contributed by atoms with Crippen LogP contribution in [0.2, 0.25) is 0 Å². The second kappa shape index (κ2) is 7.61. The van der Waals surface area contributed by atoms with Gasteiger partial charge in [0.15, 0.2) is 11.6 Å². The molecule has 0 bridgehead atoms. The van der Waals surface area contributed by atoms with Crippen LogP contribution in [0.25, 0.3) is 10.9 Å². The normalized spacial score (nSPS) is 13.6. The molecule has 1 aliphatic carbocycles. The molecule has 0 saturated heterocycles. The van der Waals surface area contributed by atoms with E-state index >= 15 is 0 Å². The molecule has 6 heteroatoms. The molecule has 31 heavy (non-hydrogen) atoms. The van der Waals surface area contributed by atoms with Crippen LogP contribution in [-0.2, 0) is 13.0 Å². The van der Waals surface area contributed by atoms with Crippen molar-refractivity contribution >= 4 is 16.9 Å². The second-order valence-electron chi connectivity index (χ2n) is 8.07. The predicted octanol–water partition coefficient (Wildman–Crippen LogP) is 5.53. The smallest absolute Gasteiger partial charge is 0.337 e. The van der Waals surface area contributed by atoms with Crippen LogP contribution in [0.3, 0.4) is 0 Å². The van der Waals surface area contributed by atoms with Gasteiger partial charge in [0.05, 0.1) is 17.8 Å². The second-order valence-corrected chi connectivity index (χ2v) is 8.07. The standard InChI is InChI=1S/C25H20F2N2O2/c26-21-3-1-2-18(24(21)27)14-29-9-8-17-10-15(4-7-23(17)29)11-22-20(25(30)31)12-19(13-28-22)16-5-6-16/h1-4,7-10,12-13,16H,5-6,11,14H2,(H,30,31). The molecule has 1 saturated carbocycles. The predicted molar refractivity (Wildman–Crippen MR) is 113 cm³/mol. The summed E-state index contributed by atoms with van der Waals surface area (Å²) in [5, 5.41) is 10.6. The molecule has 1 N–H and O–H groups in total. The number of carbonyl (C=O) groups is 1. The van der Waals surface area contributed by atoms with Crippen molar-refractivity contribution in [2.24, 2.45) is 0 Å². The molecule has 0 radical (unpaired) electrons. The minimum Gasteiger partial charge on any atom is -0.478 e. The van der Waals surface area contributed by atoms with Crippen molar-refractivity contribution in [2.45, 2.75) is 31.7 Å². The van der Waals surface area contributed by atoms with Gasteiger partial charge in [0, 0.05) is 29.9 Å².